The van der Waals surface area contributed by atoms with Gasteiger partial charge in [0.2, 0.25) is 0 Å². The average Bonchev–Trinajstić information content (AvgIpc) is 3.93. The normalized spacial score (nSPS) is 11.7. The van der Waals surface area contributed by atoms with Gasteiger partial charge in [-0.05, 0) is 93.0 Å². The van der Waals surface area contributed by atoms with E-state index in [4.69, 9.17) is 4.42 Å². The molecule has 2 aromatic heterocycles. The fraction of sp³-hybridized carbons (Fsp3) is 0. The number of aromatic nitrogens is 1. The van der Waals surface area contributed by atoms with Gasteiger partial charge in [0.25, 0.3) is 0 Å². The minimum Gasteiger partial charge on any atom is -0.455 e. The van der Waals surface area contributed by atoms with Crippen LogP contribution in [0.1, 0.15) is 0 Å². The quantitative estimate of drug-likeness (QED) is 0.149. The van der Waals surface area contributed by atoms with Crippen LogP contribution in [0.4, 0.5) is 17.1 Å². The predicted octanol–water partition coefficient (Wildman–Crippen LogP) is 17.5. The molecule has 0 unspecified atom stereocenters. The molecule has 0 aliphatic carbocycles. The number of rotatable bonds is 7. The zero-order valence-corrected chi connectivity index (χ0v) is 35.4. The summed E-state index contributed by atoms with van der Waals surface area (Å²) in [6, 6.07) is 87.7. The highest BCUT2D eigenvalue weighted by molar-refractivity contribution is 6.16. The first-order chi connectivity index (χ1) is 32.2. The number of hydrogen-bond acceptors (Lipinski definition) is 2. The molecule has 0 bridgehead atoms. The van der Waals surface area contributed by atoms with E-state index in [2.05, 4.69) is 240 Å². The zero-order chi connectivity index (χ0) is 42.8. The van der Waals surface area contributed by atoms with Crippen molar-refractivity contribution in [3.8, 4) is 39.1 Å². The molecule has 0 spiro atoms. The Hall–Kier alpha value is -8.66. The van der Waals surface area contributed by atoms with E-state index in [-0.39, 0.29) is 0 Å². The summed E-state index contributed by atoms with van der Waals surface area (Å²) < 4.78 is 8.95. The number of fused-ring (bicyclic) bond motifs is 9. The van der Waals surface area contributed by atoms with Gasteiger partial charge in [0, 0.05) is 49.4 Å². The maximum atomic E-state index is 6.54. The third-order valence-corrected chi connectivity index (χ3v) is 13.2. The van der Waals surface area contributed by atoms with Gasteiger partial charge in [-0.25, -0.2) is 0 Å². The van der Waals surface area contributed by atoms with Crippen LogP contribution in [0, 0.1) is 0 Å². The SMILES string of the molecule is c1cc(-c2cccc3c2oc2ccccc23)cc(N(c2ccc(-c3ccc(-c4ccccc4-n4c5ccccc5c5ccccc54)cc3)cc2)c2cccc3ccc4ccccc4c23)c1. The van der Waals surface area contributed by atoms with Gasteiger partial charge in [-0.2, -0.15) is 0 Å². The minimum absolute atomic E-state index is 0.898. The van der Waals surface area contributed by atoms with Crippen LogP contribution >= 0.6 is 0 Å². The molecule has 13 aromatic rings. The number of hydrogen-bond donors (Lipinski definition) is 0. The van der Waals surface area contributed by atoms with Crippen LogP contribution in [-0.4, -0.2) is 4.57 Å². The summed E-state index contributed by atoms with van der Waals surface area (Å²) in [6.45, 7) is 0. The molecule has 0 saturated heterocycles. The lowest BCUT2D eigenvalue weighted by atomic mass is 9.97. The second kappa shape index (κ2) is 15.0. The molecular weight excluding hydrogens is 789 g/mol. The molecule has 0 radical (unpaired) electrons. The van der Waals surface area contributed by atoms with E-state index < -0.39 is 0 Å². The fourth-order valence-corrected chi connectivity index (χ4v) is 10.2. The Labute approximate surface area is 376 Å². The first-order valence-corrected chi connectivity index (χ1v) is 22.2. The van der Waals surface area contributed by atoms with E-state index >= 15 is 0 Å². The summed E-state index contributed by atoms with van der Waals surface area (Å²) in [5.74, 6) is 0. The van der Waals surface area contributed by atoms with Crippen LogP contribution in [0.15, 0.2) is 247 Å². The Kier molecular flexibility index (Phi) is 8.53. The van der Waals surface area contributed by atoms with Crippen molar-refractivity contribution in [1.82, 2.24) is 4.57 Å². The summed E-state index contributed by atoms with van der Waals surface area (Å²) in [7, 11) is 0. The van der Waals surface area contributed by atoms with Crippen molar-refractivity contribution in [2.75, 3.05) is 4.90 Å². The fourth-order valence-electron chi connectivity index (χ4n) is 10.2. The molecule has 0 saturated carbocycles. The number of anilines is 3. The molecule has 0 aliphatic rings. The number of benzene rings is 11. The number of nitrogens with zero attached hydrogens (tertiary/aromatic N) is 2. The largest absolute Gasteiger partial charge is 0.455 e. The van der Waals surface area contributed by atoms with Gasteiger partial charge in [0.1, 0.15) is 11.2 Å². The number of para-hydroxylation sites is 5. The van der Waals surface area contributed by atoms with E-state index in [0.29, 0.717) is 0 Å². The molecular formula is C62H40N2O. The van der Waals surface area contributed by atoms with Crippen LogP contribution in [0.5, 0.6) is 0 Å². The molecule has 65 heavy (non-hydrogen) atoms. The highest BCUT2D eigenvalue weighted by atomic mass is 16.3. The van der Waals surface area contributed by atoms with Crippen molar-refractivity contribution in [1.29, 1.82) is 0 Å². The molecule has 3 heteroatoms. The standard InChI is InChI=1S/C62H40N2O/c1-2-19-50-43(14-1)34-35-45-15-12-28-59(61(45)50)63(48-17-11-16-46(40-48)51-23-13-24-55-54-22-6-10-29-60(54)65-62(51)55)47-38-36-42(37-39-47)41-30-32-44(33-31-41)49-18-3-7-25-56(49)64-57-26-8-4-20-52(57)53-21-5-9-27-58(53)64/h1-40H. The molecule has 0 atom stereocenters. The highest BCUT2D eigenvalue weighted by Crippen LogP contribution is 2.45. The predicted molar refractivity (Wildman–Crippen MR) is 274 cm³/mol. The second-order valence-electron chi connectivity index (χ2n) is 16.8. The van der Waals surface area contributed by atoms with Crippen LogP contribution < -0.4 is 4.90 Å². The van der Waals surface area contributed by atoms with Crippen LogP contribution in [0.2, 0.25) is 0 Å². The Balaban J connectivity index is 0.911. The van der Waals surface area contributed by atoms with Crippen LogP contribution in [-0.2, 0) is 0 Å². The first-order valence-electron chi connectivity index (χ1n) is 22.2. The van der Waals surface area contributed by atoms with Gasteiger partial charge in [-0.1, -0.05) is 188 Å². The molecule has 304 valence electrons. The first kappa shape index (κ1) is 36.9. The molecule has 3 nitrogen and oxygen atoms in total. The van der Waals surface area contributed by atoms with Crippen molar-refractivity contribution < 1.29 is 4.42 Å². The van der Waals surface area contributed by atoms with Gasteiger partial charge < -0.3 is 13.9 Å². The second-order valence-corrected chi connectivity index (χ2v) is 16.8. The average molecular weight is 829 g/mol. The lowest BCUT2D eigenvalue weighted by Crippen LogP contribution is -2.10. The van der Waals surface area contributed by atoms with E-state index in [1.54, 1.807) is 0 Å². The Morgan fingerprint density at radius 3 is 1.71 bits per heavy atom. The minimum atomic E-state index is 0.898. The topological polar surface area (TPSA) is 21.3 Å². The van der Waals surface area contributed by atoms with E-state index in [0.717, 1.165) is 55.7 Å². The molecule has 0 fully saturated rings. The van der Waals surface area contributed by atoms with Gasteiger partial charge in [0.15, 0.2) is 0 Å². The summed E-state index contributed by atoms with van der Waals surface area (Å²) in [5.41, 5.74) is 15.5. The van der Waals surface area contributed by atoms with E-state index in [9.17, 15) is 0 Å². The molecule has 13 rings (SSSR count). The highest BCUT2D eigenvalue weighted by Gasteiger charge is 2.20. The van der Waals surface area contributed by atoms with Crippen molar-refractivity contribution >= 4 is 82.4 Å². The van der Waals surface area contributed by atoms with Gasteiger partial charge in [-0.15, -0.1) is 0 Å². The zero-order valence-electron chi connectivity index (χ0n) is 35.4. The molecule has 0 aliphatic heterocycles. The Morgan fingerprint density at radius 2 is 0.908 bits per heavy atom. The van der Waals surface area contributed by atoms with E-state index in [1.807, 2.05) is 12.1 Å². The summed E-state index contributed by atoms with van der Waals surface area (Å²) >= 11 is 0. The summed E-state index contributed by atoms with van der Waals surface area (Å²) in [5, 5.41) is 9.64. The van der Waals surface area contributed by atoms with Gasteiger partial charge >= 0.3 is 0 Å². The monoisotopic (exact) mass is 828 g/mol. The maximum absolute atomic E-state index is 6.54. The third-order valence-electron chi connectivity index (χ3n) is 13.2. The smallest absolute Gasteiger partial charge is 0.143 e. The summed E-state index contributed by atoms with van der Waals surface area (Å²) in [4.78, 5) is 2.41. The van der Waals surface area contributed by atoms with Gasteiger partial charge in [-0.3, -0.25) is 0 Å². The Morgan fingerprint density at radius 1 is 0.338 bits per heavy atom. The van der Waals surface area contributed by atoms with Gasteiger partial charge in [0.05, 0.1) is 22.4 Å². The molecule has 0 N–H and O–H groups in total. The summed E-state index contributed by atoms with van der Waals surface area (Å²) in [6.07, 6.45) is 0. The van der Waals surface area contributed by atoms with E-state index in [1.165, 1.54) is 65.7 Å². The van der Waals surface area contributed by atoms with Crippen molar-refractivity contribution in [2.45, 2.75) is 0 Å². The molecule has 0 amide bonds. The Bertz CT molecular complexity index is 3900. The maximum Gasteiger partial charge on any atom is 0.143 e. The van der Waals surface area contributed by atoms with Crippen LogP contribution in [0.25, 0.3) is 104 Å². The molecule has 2 heterocycles. The molecule has 11 aromatic carbocycles. The lowest BCUT2D eigenvalue weighted by molar-refractivity contribution is 0.670. The van der Waals surface area contributed by atoms with Crippen LogP contribution in [0.3, 0.4) is 0 Å². The van der Waals surface area contributed by atoms with Crippen molar-refractivity contribution in [3.63, 3.8) is 0 Å². The van der Waals surface area contributed by atoms with Crippen molar-refractivity contribution in [2.24, 2.45) is 0 Å². The number of furan rings is 1. The lowest BCUT2D eigenvalue weighted by Gasteiger charge is -2.28. The third kappa shape index (κ3) is 6.05. The van der Waals surface area contributed by atoms with Crippen molar-refractivity contribution in [3.05, 3.63) is 243 Å².